The second-order valence-corrected chi connectivity index (χ2v) is 4.45. The van der Waals surface area contributed by atoms with Crippen molar-refractivity contribution in [2.24, 2.45) is 5.10 Å². The Kier molecular flexibility index (Phi) is 4.35. The van der Waals surface area contributed by atoms with Gasteiger partial charge in [-0.25, -0.2) is 9.59 Å². The van der Waals surface area contributed by atoms with Crippen LogP contribution in [0.5, 0.6) is 0 Å². The normalized spacial score (nSPS) is 17.0. The quantitative estimate of drug-likeness (QED) is 0.492. The molecular weight excluding hydrogens is 294 g/mol. The molecular formula is C13H13N3O6. The Hall–Kier alpha value is -2.97. The Morgan fingerprint density at radius 2 is 2.27 bits per heavy atom. The van der Waals surface area contributed by atoms with Crippen molar-refractivity contribution in [2.75, 3.05) is 11.6 Å². The molecule has 0 saturated heterocycles. The minimum absolute atomic E-state index is 0.0271. The number of nitro benzene ring substituents is 1. The van der Waals surface area contributed by atoms with Crippen LogP contribution in [-0.4, -0.2) is 40.3 Å². The molecule has 0 saturated carbocycles. The molecule has 2 rings (SSSR count). The second kappa shape index (κ2) is 6.20. The van der Waals surface area contributed by atoms with Gasteiger partial charge in [0.25, 0.3) is 5.69 Å². The van der Waals surface area contributed by atoms with E-state index in [0.717, 1.165) is 5.01 Å². The third kappa shape index (κ3) is 3.03. The lowest BCUT2D eigenvalue weighted by molar-refractivity contribution is -0.384. The number of hydrazone groups is 1. The largest absolute Gasteiger partial charge is 0.480 e. The minimum Gasteiger partial charge on any atom is -0.480 e. The lowest BCUT2D eigenvalue weighted by Crippen LogP contribution is -2.34. The first kappa shape index (κ1) is 15.4. The van der Waals surface area contributed by atoms with Gasteiger partial charge >= 0.3 is 11.9 Å². The zero-order valence-electron chi connectivity index (χ0n) is 11.6. The first-order chi connectivity index (χ1) is 10.4. The number of benzene rings is 1. The zero-order valence-corrected chi connectivity index (χ0v) is 11.6. The highest BCUT2D eigenvalue weighted by atomic mass is 16.6. The van der Waals surface area contributed by atoms with Gasteiger partial charge < -0.3 is 9.84 Å². The summed E-state index contributed by atoms with van der Waals surface area (Å²) in [5.41, 5.74) is 0.00285. The zero-order chi connectivity index (χ0) is 16.3. The predicted octanol–water partition coefficient (Wildman–Crippen LogP) is 1.18. The fourth-order valence-corrected chi connectivity index (χ4v) is 2.03. The number of aliphatic carboxylic acids is 1. The molecule has 1 aromatic rings. The number of carboxylic acids is 1. The number of ether oxygens (including phenoxy) is 1. The summed E-state index contributed by atoms with van der Waals surface area (Å²) in [6.07, 6.45) is -0.128. The smallest absolute Gasteiger partial charge is 0.354 e. The van der Waals surface area contributed by atoms with Gasteiger partial charge in [-0.3, -0.25) is 15.1 Å². The summed E-state index contributed by atoms with van der Waals surface area (Å²) < 4.78 is 4.80. The molecule has 0 fully saturated rings. The van der Waals surface area contributed by atoms with Crippen molar-refractivity contribution in [3.8, 4) is 0 Å². The van der Waals surface area contributed by atoms with Gasteiger partial charge in [-0.15, -0.1) is 0 Å². The fourth-order valence-electron chi connectivity index (χ4n) is 2.03. The first-order valence-corrected chi connectivity index (χ1v) is 6.45. The molecule has 9 nitrogen and oxygen atoms in total. The Labute approximate surface area is 124 Å². The van der Waals surface area contributed by atoms with E-state index in [0.29, 0.717) is 0 Å². The second-order valence-electron chi connectivity index (χ2n) is 4.45. The summed E-state index contributed by atoms with van der Waals surface area (Å²) in [6, 6.07) is 4.28. The molecule has 1 atom stereocenters. The Bertz CT molecular complexity index is 657. The van der Waals surface area contributed by atoms with E-state index in [2.05, 4.69) is 5.10 Å². The molecule has 0 unspecified atom stereocenters. The van der Waals surface area contributed by atoms with Gasteiger partial charge in [0.2, 0.25) is 0 Å². The molecule has 0 spiro atoms. The SMILES string of the molecule is CCOC(=O)C1=NN(c2cccc([N+](=O)[O-])c2)[C@H](C(=O)O)C1. The van der Waals surface area contributed by atoms with Crippen LogP contribution in [0.1, 0.15) is 13.3 Å². The molecule has 1 N–H and O–H groups in total. The van der Waals surface area contributed by atoms with E-state index in [1.807, 2.05) is 0 Å². The molecule has 1 heterocycles. The maximum Gasteiger partial charge on any atom is 0.354 e. The van der Waals surface area contributed by atoms with Crippen LogP contribution in [-0.2, 0) is 14.3 Å². The summed E-state index contributed by atoms with van der Waals surface area (Å²) in [7, 11) is 0. The van der Waals surface area contributed by atoms with Crippen LogP contribution in [0.2, 0.25) is 0 Å². The van der Waals surface area contributed by atoms with Crippen LogP contribution in [0.25, 0.3) is 0 Å². The molecule has 0 aromatic heterocycles. The number of hydrogen-bond acceptors (Lipinski definition) is 7. The van der Waals surface area contributed by atoms with E-state index in [1.165, 1.54) is 24.3 Å². The number of nitrogens with zero attached hydrogens (tertiary/aromatic N) is 3. The third-order valence-electron chi connectivity index (χ3n) is 3.01. The van der Waals surface area contributed by atoms with Crippen LogP contribution in [0.4, 0.5) is 11.4 Å². The molecule has 0 bridgehead atoms. The maximum absolute atomic E-state index is 11.7. The Morgan fingerprint density at radius 3 is 2.86 bits per heavy atom. The van der Waals surface area contributed by atoms with Gasteiger partial charge in [0.05, 0.1) is 17.2 Å². The Balaban J connectivity index is 2.36. The van der Waals surface area contributed by atoms with Crippen LogP contribution in [0, 0.1) is 10.1 Å². The van der Waals surface area contributed by atoms with Crippen molar-refractivity contribution in [3.63, 3.8) is 0 Å². The topological polar surface area (TPSA) is 122 Å². The minimum atomic E-state index is -1.19. The van der Waals surface area contributed by atoms with Crippen molar-refractivity contribution >= 4 is 29.0 Å². The third-order valence-corrected chi connectivity index (χ3v) is 3.01. The number of esters is 1. The summed E-state index contributed by atoms with van der Waals surface area (Å²) in [5.74, 6) is -1.88. The number of carbonyl (C=O) groups is 2. The van der Waals surface area contributed by atoms with E-state index in [-0.39, 0.29) is 30.1 Å². The number of hydrogen-bond donors (Lipinski definition) is 1. The van der Waals surface area contributed by atoms with Gasteiger partial charge in [-0.2, -0.15) is 5.10 Å². The molecule has 0 amide bonds. The van der Waals surface area contributed by atoms with E-state index < -0.39 is 22.9 Å². The van der Waals surface area contributed by atoms with Crippen molar-refractivity contribution in [1.29, 1.82) is 0 Å². The molecule has 1 aliphatic rings. The van der Waals surface area contributed by atoms with Gasteiger partial charge in [0.1, 0.15) is 5.71 Å². The van der Waals surface area contributed by atoms with Crippen molar-refractivity contribution in [2.45, 2.75) is 19.4 Å². The highest BCUT2D eigenvalue weighted by Gasteiger charge is 2.37. The van der Waals surface area contributed by atoms with E-state index in [4.69, 9.17) is 4.74 Å². The number of carbonyl (C=O) groups excluding carboxylic acids is 1. The van der Waals surface area contributed by atoms with Gasteiger partial charge in [0, 0.05) is 18.6 Å². The van der Waals surface area contributed by atoms with Crippen molar-refractivity contribution < 1.29 is 24.4 Å². The fraction of sp³-hybridized carbons (Fsp3) is 0.308. The summed E-state index contributed by atoms with van der Waals surface area (Å²) in [6.45, 7) is 1.77. The number of rotatable bonds is 5. The molecule has 1 aromatic carbocycles. The van der Waals surface area contributed by atoms with E-state index in [1.54, 1.807) is 6.92 Å². The number of anilines is 1. The average molecular weight is 307 g/mol. The number of non-ortho nitro benzene ring substituents is 1. The Morgan fingerprint density at radius 1 is 1.55 bits per heavy atom. The molecule has 0 radical (unpaired) electrons. The molecule has 116 valence electrons. The first-order valence-electron chi connectivity index (χ1n) is 6.45. The molecule has 22 heavy (non-hydrogen) atoms. The monoisotopic (exact) mass is 307 g/mol. The molecule has 0 aliphatic carbocycles. The highest BCUT2D eigenvalue weighted by molar-refractivity contribution is 6.38. The van der Waals surface area contributed by atoms with E-state index >= 15 is 0 Å². The highest BCUT2D eigenvalue weighted by Crippen LogP contribution is 2.28. The van der Waals surface area contributed by atoms with Crippen LogP contribution in [0.3, 0.4) is 0 Å². The van der Waals surface area contributed by atoms with Gasteiger partial charge in [0.15, 0.2) is 6.04 Å². The summed E-state index contributed by atoms with van der Waals surface area (Å²) >= 11 is 0. The van der Waals surface area contributed by atoms with Gasteiger partial charge in [-0.1, -0.05) is 6.07 Å². The number of nitro groups is 1. The standard InChI is InChI=1S/C13H13N3O6/c1-2-22-13(19)10-7-11(12(17)18)15(14-10)8-4-3-5-9(6-8)16(20)21/h3-6,11H,2,7H2,1H3,(H,17,18)/t11-/m0/s1. The average Bonchev–Trinajstić information content (AvgIpc) is 2.93. The van der Waals surface area contributed by atoms with Crippen LogP contribution < -0.4 is 5.01 Å². The molecule has 1 aliphatic heterocycles. The molecule has 9 heteroatoms. The van der Waals surface area contributed by atoms with Crippen molar-refractivity contribution in [3.05, 3.63) is 34.4 Å². The van der Waals surface area contributed by atoms with Crippen LogP contribution >= 0.6 is 0 Å². The lowest BCUT2D eigenvalue weighted by Gasteiger charge is -2.19. The lowest BCUT2D eigenvalue weighted by atomic mass is 10.1. The predicted molar refractivity (Wildman–Crippen MR) is 75.7 cm³/mol. The maximum atomic E-state index is 11.7. The summed E-state index contributed by atoms with van der Waals surface area (Å²) in [4.78, 5) is 33.2. The van der Waals surface area contributed by atoms with E-state index in [9.17, 15) is 24.8 Å². The number of carboxylic acid groups (broad SMARTS) is 1. The van der Waals surface area contributed by atoms with Gasteiger partial charge in [-0.05, 0) is 13.0 Å². The van der Waals surface area contributed by atoms with Crippen molar-refractivity contribution in [1.82, 2.24) is 0 Å². The van der Waals surface area contributed by atoms with Crippen LogP contribution in [0.15, 0.2) is 29.4 Å². The summed E-state index contributed by atoms with van der Waals surface area (Å²) in [5, 5.41) is 25.1.